The number of carboxylic acids is 1. The average Bonchev–Trinajstić information content (AvgIpc) is 3.01. The summed E-state index contributed by atoms with van der Waals surface area (Å²) in [6.45, 7) is 4.34. The largest absolute Gasteiger partial charge is 0.481 e. The third-order valence-corrected chi connectivity index (χ3v) is 7.71. The number of rotatable bonds is 32. The van der Waals surface area contributed by atoms with E-state index in [0.29, 0.717) is 6.42 Å². The molecule has 4 nitrogen and oxygen atoms in total. The third-order valence-electron chi connectivity index (χ3n) is 7.71. The van der Waals surface area contributed by atoms with Gasteiger partial charge in [-0.05, 0) is 76.7 Å². The maximum Gasteiger partial charge on any atom is 0.306 e. The first kappa shape index (κ1) is 41.6. The lowest BCUT2D eigenvalue weighted by Gasteiger charge is -2.15. The molecule has 0 aliphatic carbocycles. The van der Waals surface area contributed by atoms with Crippen molar-refractivity contribution in [1.29, 1.82) is 0 Å². The second-order valence-electron chi connectivity index (χ2n) is 12.0. The van der Waals surface area contributed by atoms with Gasteiger partial charge in [0.1, 0.15) is 6.10 Å². The van der Waals surface area contributed by atoms with Crippen LogP contribution in [0.15, 0.2) is 60.8 Å². The van der Waals surface area contributed by atoms with E-state index < -0.39 is 5.97 Å². The van der Waals surface area contributed by atoms with Crippen LogP contribution in [0.25, 0.3) is 0 Å². The Morgan fingerprint density at radius 1 is 0.545 bits per heavy atom. The monoisotopic (exact) mass is 613 g/mol. The lowest BCUT2D eigenvalue weighted by atomic mass is 10.0. The van der Waals surface area contributed by atoms with Gasteiger partial charge in [-0.2, -0.15) is 0 Å². The highest BCUT2D eigenvalue weighted by molar-refractivity contribution is 5.69. The third kappa shape index (κ3) is 34.1. The van der Waals surface area contributed by atoms with Gasteiger partial charge in [-0.3, -0.25) is 9.59 Å². The first-order chi connectivity index (χ1) is 21.6. The molecule has 0 aromatic heterocycles. The van der Waals surface area contributed by atoms with Crippen molar-refractivity contribution in [1.82, 2.24) is 0 Å². The molecule has 0 spiro atoms. The van der Waals surface area contributed by atoms with Gasteiger partial charge in [0.05, 0.1) is 0 Å². The summed E-state index contributed by atoms with van der Waals surface area (Å²) in [5.74, 6) is -0.804. The molecule has 0 aliphatic rings. The maximum atomic E-state index is 12.4. The first-order valence-corrected chi connectivity index (χ1v) is 18.3. The van der Waals surface area contributed by atoms with Crippen LogP contribution in [-0.4, -0.2) is 23.1 Å². The van der Waals surface area contributed by atoms with Gasteiger partial charge in [0.25, 0.3) is 0 Å². The molecule has 0 aromatic carbocycles. The minimum Gasteiger partial charge on any atom is -0.481 e. The molecule has 1 atom stereocenters. The summed E-state index contributed by atoms with van der Waals surface area (Å²) < 4.78 is 5.79. The second kappa shape index (κ2) is 35.1. The first-order valence-electron chi connectivity index (χ1n) is 18.3. The van der Waals surface area contributed by atoms with Crippen LogP contribution < -0.4 is 0 Å². The van der Waals surface area contributed by atoms with Crippen molar-refractivity contribution in [3.63, 3.8) is 0 Å². The topological polar surface area (TPSA) is 63.6 Å². The molecule has 0 amide bonds. The second-order valence-corrected chi connectivity index (χ2v) is 12.0. The molecule has 0 saturated carbocycles. The summed E-state index contributed by atoms with van der Waals surface area (Å²) in [6, 6.07) is 0. The number of unbranched alkanes of at least 4 members (excludes halogenated alkanes) is 15. The van der Waals surface area contributed by atoms with E-state index in [9.17, 15) is 9.59 Å². The quantitative estimate of drug-likeness (QED) is 0.0466. The Bertz CT molecular complexity index is 789. The highest BCUT2D eigenvalue weighted by Crippen LogP contribution is 2.15. The highest BCUT2D eigenvalue weighted by Gasteiger charge is 2.11. The molecule has 1 unspecified atom stereocenters. The zero-order valence-corrected chi connectivity index (χ0v) is 28.7. The van der Waals surface area contributed by atoms with E-state index >= 15 is 0 Å². The molecule has 44 heavy (non-hydrogen) atoms. The van der Waals surface area contributed by atoms with Crippen molar-refractivity contribution >= 4 is 11.9 Å². The van der Waals surface area contributed by atoms with Crippen LogP contribution in [0.2, 0.25) is 0 Å². The predicted octanol–water partition coefficient (Wildman–Crippen LogP) is 12.6. The Morgan fingerprint density at radius 2 is 1.02 bits per heavy atom. The predicted molar refractivity (Wildman–Crippen MR) is 190 cm³/mol. The Balaban J connectivity index is 3.72. The number of aliphatic carboxylic acids is 1. The fourth-order valence-corrected chi connectivity index (χ4v) is 5.01. The number of carboxylic acid groups (broad SMARTS) is 1. The number of carbonyl (C=O) groups is 2. The number of carbonyl (C=O) groups excluding carboxylic acids is 1. The number of hydrogen-bond donors (Lipinski definition) is 1. The van der Waals surface area contributed by atoms with E-state index in [1.165, 1.54) is 57.8 Å². The summed E-state index contributed by atoms with van der Waals surface area (Å²) >= 11 is 0. The smallest absolute Gasteiger partial charge is 0.306 e. The fraction of sp³-hybridized carbons (Fsp3) is 0.700. The van der Waals surface area contributed by atoms with Crippen molar-refractivity contribution in [2.75, 3.05) is 0 Å². The van der Waals surface area contributed by atoms with Gasteiger partial charge in [-0.25, -0.2) is 0 Å². The molecule has 0 radical (unpaired) electrons. The number of hydrogen-bond acceptors (Lipinski definition) is 3. The molecule has 0 aliphatic heterocycles. The van der Waals surface area contributed by atoms with Crippen LogP contribution in [0, 0.1) is 0 Å². The summed E-state index contributed by atoms with van der Waals surface area (Å²) in [5.41, 5.74) is 0. The molecule has 0 fully saturated rings. The highest BCUT2D eigenvalue weighted by atomic mass is 16.5. The molecule has 0 bridgehead atoms. The molecule has 0 heterocycles. The number of allylic oxidation sites excluding steroid dienone is 9. The zero-order valence-electron chi connectivity index (χ0n) is 28.7. The molecular weight excluding hydrogens is 544 g/mol. The molecule has 0 aromatic rings. The van der Waals surface area contributed by atoms with Crippen LogP contribution in [0.3, 0.4) is 0 Å². The van der Waals surface area contributed by atoms with Crippen LogP contribution in [0.4, 0.5) is 0 Å². The summed E-state index contributed by atoms with van der Waals surface area (Å²) in [5, 5.41) is 8.77. The van der Waals surface area contributed by atoms with Crippen molar-refractivity contribution in [3.8, 4) is 0 Å². The SMILES string of the molecule is CC/C=C\C/C=C\C/C=C\C/C=C\CCCCCCCCCCCCC(=O)OC(/C=C\CCCC)CCCCCCC(=O)O. The Kier molecular flexibility index (Phi) is 33.2. The van der Waals surface area contributed by atoms with E-state index in [1.54, 1.807) is 0 Å². The lowest BCUT2D eigenvalue weighted by Crippen LogP contribution is -2.16. The van der Waals surface area contributed by atoms with Crippen molar-refractivity contribution in [2.24, 2.45) is 0 Å². The standard InChI is InChI=1S/C40H68O4/c1-3-5-7-9-10-11-12-13-14-15-16-17-18-19-20-21-22-23-24-25-26-27-33-37-40(43)44-38(34-30-8-6-4-2)35-31-28-29-32-36-39(41)42/h5,7,10-11,13-14,16-17,30,34,38H,3-4,6,8-9,12,15,18-29,31-33,35-37H2,1-2H3,(H,41,42)/b7-5-,11-10-,14-13-,17-16-,34-30-. The molecule has 4 heteroatoms. The van der Waals surface area contributed by atoms with Crippen molar-refractivity contribution < 1.29 is 19.4 Å². The Hall–Kier alpha value is -2.36. The van der Waals surface area contributed by atoms with Gasteiger partial charge in [0.15, 0.2) is 0 Å². The van der Waals surface area contributed by atoms with Gasteiger partial charge >= 0.3 is 11.9 Å². The van der Waals surface area contributed by atoms with Crippen LogP contribution in [0.5, 0.6) is 0 Å². The van der Waals surface area contributed by atoms with E-state index in [-0.39, 0.29) is 18.5 Å². The van der Waals surface area contributed by atoms with E-state index in [1.807, 2.05) is 0 Å². The summed E-state index contributed by atoms with van der Waals surface area (Å²) in [6.07, 6.45) is 48.5. The Morgan fingerprint density at radius 3 is 1.59 bits per heavy atom. The molecule has 252 valence electrons. The van der Waals surface area contributed by atoms with Crippen molar-refractivity contribution in [3.05, 3.63) is 60.8 Å². The Labute approximate surface area is 272 Å². The van der Waals surface area contributed by atoms with Crippen molar-refractivity contribution in [2.45, 2.75) is 180 Å². The van der Waals surface area contributed by atoms with E-state index in [4.69, 9.17) is 9.84 Å². The molecular formula is C40H68O4. The van der Waals surface area contributed by atoms with E-state index in [0.717, 1.165) is 89.9 Å². The number of ether oxygens (including phenoxy) is 1. The fourth-order valence-electron chi connectivity index (χ4n) is 5.01. The summed E-state index contributed by atoms with van der Waals surface area (Å²) in [7, 11) is 0. The summed E-state index contributed by atoms with van der Waals surface area (Å²) in [4.78, 5) is 23.1. The normalized spacial score (nSPS) is 13.0. The zero-order chi connectivity index (χ0) is 32.2. The van der Waals surface area contributed by atoms with E-state index in [2.05, 4.69) is 74.6 Å². The molecule has 1 N–H and O–H groups in total. The van der Waals surface area contributed by atoms with Gasteiger partial charge < -0.3 is 9.84 Å². The molecule has 0 saturated heterocycles. The number of esters is 1. The van der Waals surface area contributed by atoms with Gasteiger partial charge in [0, 0.05) is 12.8 Å². The van der Waals surface area contributed by atoms with Crippen LogP contribution in [0.1, 0.15) is 174 Å². The lowest BCUT2D eigenvalue weighted by molar-refractivity contribution is -0.147. The average molecular weight is 613 g/mol. The maximum absolute atomic E-state index is 12.4. The minimum absolute atomic E-state index is 0.0775. The minimum atomic E-state index is -0.726. The van der Waals surface area contributed by atoms with Crippen LogP contribution >= 0.6 is 0 Å². The van der Waals surface area contributed by atoms with Crippen LogP contribution in [-0.2, 0) is 14.3 Å². The van der Waals surface area contributed by atoms with Gasteiger partial charge in [0.2, 0.25) is 0 Å². The van der Waals surface area contributed by atoms with Gasteiger partial charge in [-0.15, -0.1) is 0 Å². The molecule has 0 rings (SSSR count). The van der Waals surface area contributed by atoms with Gasteiger partial charge in [-0.1, -0.05) is 146 Å².